The molecule has 6 heteroatoms. The molecule has 0 bridgehead atoms. The average Bonchev–Trinajstić information content (AvgIpc) is 2.57. The second-order valence-electron chi connectivity index (χ2n) is 6.35. The number of carbonyl (C=O) groups excluding carboxylic acids is 1. The number of ether oxygens (including phenoxy) is 1. The number of rotatable bonds is 6. The minimum absolute atomic E-state index is 0.137. The van der Waals surface area contributed by atoms with Crippen molar-refractivity contribution in [2.75, 3.05) is 20.2 Å². The lowest BCUT2D eigenvalue weighted by Crippen LogP contribution is -2.42. The number of benzene rings is 1. The van der Waals surface area contributed by atoms with Gasteiger partial charge >= 0.3 is 6.03 Å². The van der Waals surface area contributed by atoms with Gasteiger partial charge < -0.3 is 20.1 Å². The summed E-state index contributed by atoms with van der Waals surface area (Å²) in [4.78, 5) is 13.8. The van der Waals surface area contributed by atoms with Gasteiger partial charge in [-0.2, -0.15) is 0 Å². The largest absolute Gasteiger partial charge is 0.491 e. The maximum atomic E-state index is 13.8. The molecule has 2 atom stereocenters. The summed E-state index contributed by atoms with van der Waals surface area (Å²) in [5.74, 6) is -0.0734. The van der Waals surface area contributed by atoms with Crippen LogP contribution in [0, 0.1) is 11.7 Å². The van der Waals surface area contributed by atoms with Crippen LogP contribution in [-0.2, 0) is 6.54 Å². The van der Waals surface area contributed by atoms with E-state index >= 15 is 0 Å². The summed E-state index contributed by atoms with van der Waals surface area (Å²) in [6.07, 6.45) is 3.59. The fourth-order valence-electron chi connectivity index (χ4n) is 3.08. The number of aliphatic hydroxyl groups is 1. The van der Waals surface area contributed by atoms with Gasteiger partial charge in [0.2, 0.25) is 0 Å². The highest BCUT2D eigenvalue weighted by Crippen LogP contribution is 2.25. The maximum absolute atomic E-state index is 13.8. The minimum atomic E-state index is -0.428. The molecule has 2 amide bonds. The van der Waals surface area contributed by atoms with Gasteiger partial charge in [-0.05, 0) is 37.5 Å². The van der Waals surface area contributed by atoms with Crippen molar-refractivity contribution in [3.63, 3.8) is 0 Å². The van der Waals surface area contributed by atoms with Crippen LogP contribution in [0.4, 0.5) is 9.18 Å². The molecular formula is C18H27FN2O3. The van der Waals surface area contributed by atoms with E-state index in [1.807, 2.05) is 0 Å². The van der Waals surface area contributed by atoms with Gasteiger partial charge in [0.25, 0.3) is 0 Å². The van der Waals surface area contributed by atoms with Crippen LogP contribution in [-0.4, -0.2) is 42.3 Å². The highest BCUT2D eigenvalue weighted by Gasteiger charge is 2.25. The van der Waals surface area contributed by atoms with Gasteiger partial charge in [0, 0.05) is 26.1 Å². The average molecular weight is 338 g/mol. The van der Waals surface area contributed by atoms with Crippen LogP contribution in [0.3, 0.4) is 0 Å². The van der Waals surface area contributed by atoms with Gasteiger partial charge in [-0.25, -0.2) is 9.18 Å². The lowest BCUT2D eigenvalue weighted by atomic mass is 9.86. The molecule has 1 aliphatic rings. The standard InChI is InChI=1S/C18H27FN2O3/c1-3-24-17-9-8-13(10-15(17)19)11-20-18(23)21(2)12-14-6-4-5-7-16(14)22/h8-10,14,16,22H,3-7,11-12H2,1-2H3,(H,20,23)/t14-,16-/m1/s1. The third kappa shape index (κ3) is 5.09. The first kappa shape index (κ1) is 18.5. The van der Waals surface area contributed by atoms with Crippen molar-refractivity contribution in [1.29, 1.82) is 0 Å². The molecule has 0 aromatic heterocycles. The molecule has 0 aliphatic heterocycles. The first-order valence-corrected chi connectivity index (χ1v) is 8.59. The van der Waals surface area contributed by atoms with E-state index in [0.29, 0.717) is 18.7 Å². The minimum Gasteiger partial charge on any atom is -0.491 e. The van der Waals surface area contributed by atoms with E-state index in [9.17, 15) is 14.3 Å². The summed E-state index contributed by atoms with van der Waals surface area (Å²) < 4.78 is 19.0. The topological polar surface area (TPSA) is 61.8 Å². The number of halogens is 1. The van der Waals surface area contributed by atoms with Crippen molar-refractivity contribution in [3.05, 3.63) is 29.6 Å². The molecule has 0 radical (unpaired) electrons. The third-order valence-electron chi connectivity index (χ3n) is 4.46. The van der Waals surface area contributed by atoms with E-state index in [-0.39, 0.29) is 30.3 Å². The van der Waals surface area contributed by atoms with Crippen molar-refractivity contribution in [1.82, 2.24) is 10.2 Å². The number of nitrogens with one attached hydrogen (secondary N) is 1. The summed E-state index contributed by atoms with van der Waals surface area (Å²) >= 11 is 0. The molecule has 0 unspecified atom stereocenters. The molecule has 1 aromatic carbocycles. The molecule has 2 N–H and O–H groups in total. The van der Waals surface area contributed by atoms with Crippen molar-refractivity contribution in [2.45, 2.75) is 45.3 Å². The third-order valence-corrected chi connectivity index (χ3v) is 4.46. The van der Waals surface area contributed by atoms with Crippen LogP contribution in [0.25, 0.3) is 0 Å². The summed E-state index contributed by atoms with van der Waals surface area (Å²) in [6.45, 7) is 2.99. The van der Waals surface area contributed by atoms with Gasteiger partial charge in [-0.15, -0.1) is 0 Å². The smallest absolute Gasteiger partial charge is 0.317 e. The lowest BCUT2D eigenvalue weighted by molar-refractivity contribution is 0.0565. The Morgan fingerprint density at radius 1 is 1.42 bits per heavy atom. The Balaban J connectivity index is 1.82. The molecule has 24 heavy (non-hydrogen) atoms. The monoisotopic (exact) mass is 338 g/mol. The Bertz CT molecular complexity index is 553. The van der Waals surface area contributed by atoms with Crippen molar-refractivity contribution in [2.24, 2.45) is 5.92 Å². The Kier molecular flexibility index (Phi) is 6.85. The zero-order valence-corrected chi connectivity index (χ0v) is 14.4. The normalized spacial score (nSPS) is 20.5. The van der Waals surface area contributed by atoms with Crippen LogP contribution in [0.1, 0.15) is 38.2 Å². The molecule has 1 fully saturated rings. The summed E-state index contributed by atoms with van der Waals surface area (Å²) in [7, 11) is 1.72. The van der Waals surface area contributed by atoms with Crippen LogP contribution < -0.4 is 10.1 Å². The zero-order valence-electron chi connectivity index (χ0n) is 14.4. The predicted molar refractivity (Wildman–Crippen MR) is 90.4 cm³/mol. The number of amides is 2. The lowest BCUT2D eigenvalue weighted by Gasteiger charge is -2.31. The molecule has 0 heterocycles. The number of nitrogens with zero attached hydrogens (tertiary/aromatic N) is 1. The van der Waals surface area contributed by atoms with Crippen LogP contribution >= 0.6 is 0 Å². The summed E-state index contributed by atoms with van der Waals surface area (Å²) in [6, 6.07) is 4.46. The fourth-order valence-corrected chi connectivity index (χ4v) is 3.08. The number of urea groups is 1. The van der Waals surface area contributed by atoms with E-state index in [0.717, 1.165) is 25.7 Å². The molecule has 1 saturated carbocycles. The highest BCUT2D eigenvalue weighted by atomic mass is 19.1. The number of aliphatic hydroxyl groups excluding tert-OH is 1. The number of hydrogen-bond acceptors (Lipinski definition) is 3. The van der Waals surface area contributed by atoms with Gasteiger partial charge in [0.15, 0.2) is 11.6 Å². The second kappa shape index (κ2) is 8.87. The van der Waals surface area contributed by atoms with Crippen molar-refractivity contribution < 1.29 is 19.0 Å². The zero-order chi connectivity index (χ0) is 17.5. The van der Waals surface area contributed by atoms with E-state index in [4.69, 9.17) is 4.74 Å². The maximum Gasteiger partial charge on any atom is 0.317 e. The van der Waals surface area contributed by atoms with E-state index in [1.165, 1.54) is 6.07 Å². The van der Waals surface area contributed by atoms with Crippen molar-refractivity contribution >= 4 is 6.03 Å². The van der Waals surface area contributed by atoms with Crippen LogP contribution in [0.2, 0.25) is 0 Å². The van der Waals surface area contributed by atoms with E-state index in [2.05, 4.69) is 5.32 Å². The predicted octanol–water partition coefficient (Wildman–Crippen LogP) is 2.92. The first-order chi connectivity index (χ1) is 11.5. The van der Waals surface area contributed by atoms with Gasteiger partial charge in [0.1, 0.15) is 0 Å². The fraction of sp³-hybridized carbons (Fsp3) is 0.611. The molecule has 0 saturated heterocycles. The van der Waals surface area contributed by atoms with Gasteiger partial charge in [-0.1, -0.05) is 18.9 Å². The Labute approximate surface area is 142 Å². The van der Waals surface area contributed by atoms with Gasteiger partial charge in [-0.3, -0.25) is 0 Å². The molecule has 134 valence electrons. The van der Waals surface area contributed by atoms with Gasteiger partial charge in [0.05, 0.1) is 12.7 Å². The SMILES string of the molecule is CCOc1ccc(CNC(=O)N(C)C[C@H]2CCCC[C@H]2O)cc1F. The van der Waals surface area contributed by atoms with E-state index in [1.54, 1.807) is 31.0 Å². The van der Waals surface area contributed by atoms with Crippen LogP contribution in [0.5, 0.6) is 5.75 Å². The first-order valence-electron chi connectivity index (χ1n) is 8.59. The molecule has 1 aromatic rings. The van der Waals surface area contributed by atoms with Crippen molar-refractivity contribution in [3.8, 4) is 5.75 Å². The molecule has 2 rings (SSSR count). The Hall–Kier alpha value is -1.82. The molecule has 0 spiro atoms. The molecule has 1 aliphatic carbocycles. The molecule has 5 nitrogen and oxygen atoms in total. The Morgan fingerprint density at radius 3 is 2.83 bits per heavy atom. The summed E-state index contributed by atoms with van der Waals surface area (Å²) in [5.41, 5.74) is 0.676. The Morgan fingerprint density at radius 2 is 2.17 bits per heavy atom. The number of hydrogen-bond donors (Lipinski definition) is 2. The number of carbonyl (C=O) groups is 1. The highest BCUT2D eigenvalue weighted by molar-refractivity contribution is 5.73. The quantitative estimate of drug-likeness (QED) is 0.838. The summed E-state index contributed by atoms with van der Waals surface area (Å²) in [5, 5.41) is 12.8. The van der Waals surface area contributed by atoms with E-state index < -0.39 is 5.82 Å². The molecular weight excluding hydrogens is 311 g/mol. The second-order valence-corrected chi connectivity index (χ2v) is 6.35. The van der Waals surface area contributed by atoms with Crippen LogP contribution in [0.15, 0.2) is 18.2 Å².